The van der Waals surface area contributed by atoms with E-state index in [0.29, 0.717) is 22.1 Å². The van der Waals surface area contributed by atoms with Crippen molar-refractivity contribution in [2.45, 2.75) is 6.92 Å². The van der Waals surface area contributed by atoms with E-state index in [9.17, 15) is 14.4 Å². The lowest BCUT2D eigenvalue weighted by atomic mass is 10.1. The quantitative estimate of drug-likeness (QED) is 0.615. The van der Waals surface area contributed by atoms with Crippen molar-refractivity contribution in [3.63, 3.8) is 0 Å². The highest BCUT2D eigenvalue weighted by Crippen LogP contribution is 2.18. The summed E-state index contributed by atoms with van der Waals surface area (Å²) in [5, 5.41) is 6.77. The maximum Gasteiger partial charge on any atom is 0.290 e. The number of amides is 2. The van der Waals surface area contributed by atoms with Gasteiger partial charge in [0.25, 0.3) is 17.4 Å². The van der Waals surface area contributed by atoms with Gasteiger partial charge in [0.2, 0.25) is 0 Å². The first-order valence-corrected chi connectivity index (χ1v) is 7.74. The van der Waals surface area contributed by atoms with Crippen LogP contribution in [0.5, 0.6) is 5.75 Å². The molecule has 26 heavy (non-hydrogen) atoms. The van der Waals surface area contributed by atoms with Crippen molar-refractivity contribution in [2.75, 3.05) is 7.11 Å². The minimum absolute atomic E-state index is 0.00184. The van der Waals surface area contributed by atoms with E-state index in [-0.39, 0.29) is 5.69 Å². The molecule has 0 fully saturated rings. The number of carbonyl (C=O) groups is 2. The van der Waals surface area contributed by atoms with Crippen LogP contribution in [0.3, 0.4) is 0 Å². The molecule has 2 aromatic carbocycles. The van der Waals surface area contributed by atoms with Gasteiger partial charge < -0.3 is 4.74 Å². The first kappa shape index (κ1) is 17.2. The SMILES string of the molecule is COc1cc(C(=O)NNC(=O)c2n[nH]c(=O)c3ccccc23)ccc1C. The van der Waals surface area contributed by atoms with Gasteiger partial charge >= 0.3 is 0 Å². The average Bonchev–Trinajstić information content (AvgIpc) is 2.66. The Morgan fingerprint density at radius 2 is 1.73 bits per heavy atom. The van der Waals surface area contributed by atoms with Crippen LogP contribution in [0, 0.1) is 6.92 Å². The van der Waals surface area contributed by atoms with Crippen molar-refractivity contribution in [3.05, 3.63) is 69.6 Å². The van der Waals surface area contributed by atoms with E-state index >= 15 is 0 Å². The van der Waals surface area contributed by atoms with Gasteiger partial charge in [0.15, 0.2) is 5.69 Å². The Balaban J connectivity index is 1.78. The summed E-state index contributed by atoms with van der Waals surface area (Å²) >= 11 is 0. The molecule has 0 spiro atoms. The molecule has 0 aliphatic rings. The fourth-order valence-corrected chi connectivity index (χ4v) is 2.49. The van der Waals surface area contributed by atoms with Crippen LogP contribution in [0.25, 0.3) is 10.8 Å². The van der Waals surface area contributed by atoms with Crippen LogP contribution >= 0.6 is 0 Å². The van der Waals surface area contributed by atoms with E-state index in [1.54, 1.807) is 42.5 Å². The largest absolute Gasteiger partial charge is 0.496 e. The van der Waals surface area contributed by atoms with Crippen molar-refractivity contribution in [1.29, 1.82) is 0 Å². The highest BCUT2D eigenvalue weighted by atomic mass is 16.5. The maximum absolute atomic E-state index is 12.3. The lowest BCUT2D eigenvalue weighted by molar-refractivity contribution is 0.0844. The highest BCUT2D eigenvalue weighted by Gasteiger charge is 2.15. The fourth-order valence-electron chi connectivity index (χ4n) is 2.49. The van der Waals surface area contributed by atoms with Gasteiger partial charge in [-0.25, -0.2) is 5.10 Å². The van der Waals surface area contributed by atoms with Crippen molar-refractivity contribution >= 4 is 22.6 Å². The molecule has 2 amide bonds. The molecule has 0 bridgehead atoms. The molecule has 0 aliphatic carbocycles. The molecule has 3 aromatic rings. The second-order valence-corrected chi connectivity index (χ2v) is 5.54. The van der Waals surface area contributed by atoms with E-state index in [2.05, 4.69) is 21.0 Å². The Hall–Kier alpha value is -3.68. The van der Waals surface area contributed by atoms with Gasteiger partial charge in [0.1, 0.15) is 5.75 Å². The molecular weight excluding hydrogens is 336 g/mol. The van der Waals surface area contributed by atoms with Gasteiger partial charge in [-0.05, 0) is 30.7 Å². The van der Waals surface area contributed by atoms with E-state index in [0.717, 1.165) is 5.56 Å². The minimum Gasteiger partial charge on any atom is -0.496 e. The van der Waals surface area contributed by atoms with Gasteiger partial charge in [0.05, 0.1) is 12.5 Å². The van der Waals surface area contributed by atoms with Crippen LogP contribution in [0.2, 0.25) is 0 Å². The summed E-state index contributed by atoms with van der Waals surface area (Å²) in [5.74, 6) is -0.590. The molecule has 8 nitrogen and oxygen atoms in total. The highest BCUT2D eigenvalue weighted by molar-refractivity contribution is 6.06. The number of methoxy groups -OCH3 is 1. The van der Waals surface area contributed by atoms with Crippen LogP contribution in [0.15, 0.2) is 47.3 Å². The minimum atomic E-state index is -0.648. The molecule has 1 heterocycles. The summed E-state index contributed by atoms with van der Waals surface area (Å²) in [4.78, 5) is 36.3. The first-order chi connectivity index (χ1) is 12.5. The van der Waals surface area contributed by atoms with Crippen molar-refractivity contribution in [3.8, 4) is 5.75 Å². The number of hydrazine groups is 1. The van der Waals surface area contributed by atoms with Crippen LogP contribution in [0.1, 0.15) is 26.4 Å². The molecule has 8 heteroatoms. The summed E-state index contributed by atoms with van der Waals surface area (Å²) in [6, 6.07) is 11.5. The average molecular weight is 352 g/mol. The van der Waals surface area contributed by atoms with Gasteiger partial charge in [-0.2, -0.15) is 5.10 Å². The Bertz CT molecular complexity index is 1060. The van der Waals surface area contributed by atoms with Gasteiger partial charge in [0, 0.05) is 10.9 Å². The third-order valence-electron chi connectivity index (χ3n) is 3.87. The first-order valence-electron chi connectivity index (χ1n) is 7.74. The summed E-state index contributed by atoms with van der Waals surface area (Å²) in [6.07, 6.45) is 0. The molecule has 0 unspecified atom stereocenters. The van der Waals surface area contributed by atoms with Gasteiger partial charge in [-0.1, -0.05) is 24.3 Å². The Morgan fingerprint density at radius 1 is 1.04 bits per heavy atom. The molecule has 0 saturated carbocycles. The molecule has 0 radical (unpaired) electrons. The smallest absolute Gasteiger partial charge is 0.290 e. The van der Waals surface area contributed by atoms with Crippen molar-refractivity contribution < 1.29 is 14.3 Å². The molecule has 132 valence electrons. The van der Waals surface area contributed by atoms with Crippen LogP contribution in [-0.4, -0.2) is 29.1 Å². The van der Waals surface area contributed by atoms with E-state index in [1.165, 1.54) is 7.11 Å². The summed E-state index contributed by atoms with van der Waals surface area (Å²) < 4.78 is 5.18. The third kappa shape index (κ3) is 3.25. The number of rotatable bonds is 3. The Morgan fingerprint density at radius 3 is 2.46 bits per heavy atom. The van der Waals surface area contributed by atoms with Crippen molar-refractivity contribution in [1.82, 2.24) is 21.0 Å². The standard InChI is InChI=1S/C18H16N4O4/c1-10-7-8-11(9-14(10)26-2)16(23)20-22-18(25)15-12-5-3-4-6-13(12)17(24)21-19-15/h3-9H,1-2H3,(H,20,23)(H,21,24)(H,22,25). The van der Waals surface area contributed by atoms with Gasteiger partial charge in [-0.15, -0.1) is 0 Å². The number of carbonyl (C=O) groups excluding carboxylic acids is 2. The molecule has 1 aromatic heterocycles. The zero-order valence-corrected chi connectivity index (χ0v) is 14.1. The summed E-state index contributed by atoms with van der Waals surface area (Å²) in [6.45, 7) is 1.86. The molecule has 0 aliphatic heterocycles. The number of ether oxygens (including phenoxy) is 1. The van der Waals surface area contributed by atoms with Crippen LogP contribution in [0.4, 0.5) is 0 Å². The number of hydrogen-bond donors (Lipinski definition) is 3. The number of nitrogens with zero attached hydrogens (tertiary/aromatic N) is 1. The van der Waals surface area contributed by atoms with Crippen molar-refractivity contribution in [2.24, 2.45) is 0 Å². The monoisotopic (exact) mass is 352 g/mol. The third-order valence-corrected chi connectivity index (χ3v) is 3.87. The van der Waals surface area contributed by atoms with Gasteiger partial charge in [-0.3, -0.25) is 25.2 Å². The van der Waals surface area contributed by atoms with E-state index in [4.69, 9.17) is 4.74 Å². The zero-order chi connectivity index (χ0) is 18.7. The number of aromatic nitrogens is 2. The lowest BCUT2D eigenvalue weighted by Crippen LogP contribution is -2.42. The number of aryl methyl sites for hydroxylation is 1. The number of fused-ring (bicyclic) bond motifs is 1. The molecule has 3 rings (SSSR count). The fraction of sp³-hybridized carbons (Fsp3) is 0.111. The molecule has 0 saturated heterocycles. The predicted molar refractivity (Wildman–Crippen MR) is 95.0 cm³/mol. The predicted octanol–water partition coefficient (Wildman–Crippen LogP) is 1.31. The summed E-state index contributed by atoms with van der Waals surface area (Å²) in [7, 11) is 1.51. The number of benzene rings is 2. The number of aromatic amines is 1. The summed E-state index contributed by atoms with van der Waals surface area (Å²) in [5.41, 5.74) is 5.44. The maximum atomic E-state index is 12.3. The van der Waals surface area contributed by atoms with E-state index in [1.807, 2.05) is 6.92 Å². The second kappa shape index (κ2) is 7.06. The second-order valence-electron chi connectivity index (χ2n) is 5.54. The molecular formula is C18H16N4O4. The number of nitrogens with one attached hydrogen (secondary N) is 3. The van der Waals surface area contributed by atoms with Crippen LogP contribution < -0.4 is 21.1 Å². The molecule has 0 atom stereocenters. The topological polar surface area (TPSA) is 113 Å². The van der Waals surface area contributed by atoms with E-state index < -0.39 is 17.4 Å². The van der Waals surface area contributed by atoms with Crippen LogP contribution in [-0.2, 0) is 0 Å². The Labute approximate surface area is 148 Å². The zero-order valence-electron chi connectivity index (χ0n) is 14.1. The number of hydrogen-bond acceptors (Lipinski definition) is 5. The molecule has 3 N–H and O–H groups in total. The Kier molecular flexibility index (Phi) is 4.66. The lowest BCUT2D eigenvalue weighted by Gasteiger charge is -2.10. The number of H-pyrrole nitrogens is 1. The normalized spacial score (nSPS) is 10.4.